The quantitative estimate of drug-likeness (QED) is 0.259. The molecule has 1 unspecified atom stereocenters. The Hall–Kier alpha value is -4.16. The third kappa shape index (κ3) is 5.96. The Morgan fingerprint density at radius 2 is 1.72 bits per heavy atom. The number of ketones is 1. The van der Waals surface area contributed by atoms with Gasteiger partial charge in [0, 0.05) is 28.8 Å². The Labute approximate surface area is 231 Å². The van der Waals surface area contributed by atoms with Gasteiger partial charge >= 0.3 is 17.9 Å². The van der Waals surface area contributed by atoms with Crippen molar-refractivity contribution in [2.75, 3.05) is 19.0 Å². The van der Waals surface area contributed by atoms with Crippen LogP contribution in [-0.4, -0.2) is 75.9 Å². The summed E-state index contributed by atoms with van der Waals surface area (Å²) in [6.45, 7) is 0.297. The SMILES string of the molecule is CC(=O)OCC1=C(C(=O)OCC(=O)c2ccc(Cl)cc2)N2C(=O)C(NC(=O)c3ccccc3C(=O)O)[C@@H]2SC1. The van der Waals surface area contributed by atoms with Crippen molar-refractivity contribution < 1.29 is 43.3 Å². The summed E-state index contributed by atoms with van der Waals surface area (Å²) in [5.41, 5.74) is 0.0366. The number of Topliss-reactive ketones (excluding diaryl/α,β-unsaturated/α-hetero) is 1. The highest BCUT2D eigenvalue weighted by Crippen LogP contribution is 2.41. The number of halogens is 1. The number of carboxylic acids is 1. The lowest BCUT2D eigenvalue weighted by atomic mass is 10.0. The number of carbonyl (C=O) groups is 6. The van der Waals surface area contributed by atoms with Crippen LogP contribution in [0.1, 0.15) is 38.0 Å². The molecule has 0 aliphatic carbocycles. The maximum absolute atomic E-state index is 13.1. The van der Waals surface area contributed by atoms with Gasteiger partial charge in [0.15, 0.2) is 12.4 Å². The number of esters is 2. The van der Waals surface area contributed by atoms with Crippen LogP contribution < -0.4 is 5.32 Å². The Kier molecular flexibility index (Phi) is 8.36. The van der Waals surface area contributed by atoms with Crippen LogP contribution >= 0.6 is 23.4 Å². The number of aromatic carboxylic acids is 1. The molecule has 2 atom stereocenters. The second-order valence-electron chi connectivity index (χ2n) is 8.45. The minimum Gasteiger partial charge on any atom is -0.478 e. The lowest BCUT2D eigenvalue weighted by Crippen LogP contribution is -2.70. The molecule has 0 bridgehead atoms. The molecule has 2 heterocycles. The van der Waals surface area contributed by atoms with E-state index >= 15 is 0 Å². The molecule has 2 aromatic rings. The zero-order valence-corrected chi connectivity index (χ0v) is 21.9. The Morgan fingerprint density at radius 3 is 2.36 bits per heavy atom. The maximum Gasteiger partial charge on any atom is 0.355 e. The molecule has 13 heteroatoms. The Morgan fingerprint density at radius 1 is 1.05 bits per heavy atom. The molecule has 2 N–H and O–H groups in total. The van der Waals surface area contributed by atoms with Crippen molar-refractivity contribution in [3.63, 3.8) is 0 Å². The molecular formula is C26H21ClN2O9S. The standard InChI is InChI=1S/C26H21ClN2O9S/c1-13(30)37-10-15-12-39-24-20(28-22(32)17-4-2-3-5-18(17)25(34)35)23(33)29(24)21(15)26(36)38-11-19(31)14-6-8-16(27)9-7-14/h2-9,20,24H,10-12H2,1H3,(H,28,32)(H,34,35)/t20?,24-/m0/s1. The molecule has 0 aromatic heterocycles. The number of ether oxygens (including phenoxy) is 2. The number of carboxylic acid groups (broad SMARTS) is 1. The number of fused-ring (bicyclic) bond motifs is 1. The number of rotatable bonds is 9. The lowest BCUT2D eigenvalue weighted by Gasteiger charge is -2.49. The summed E-state index contributed by atoms with van der Waals surface area (Å²) in [6.07, 6.45) is 0. The van der Waals surface area contributed by atoms with E-state index in [4.69, 9.17) is 21.1 Å². The smallest absolute Gasteiger partial charge is 0.355 e. The molecule has 2 aliphatic heterocycles. The van der Waals surface area contributed by atoms with E-state index in [0.717, 1.165) is 4.90 Å². The van der Waals surface area contributed by atoms with Crippen molar-refractivity contribution in [3.05, 3.63) is 81.5 Å². The number of hydrogen-bond donors (Lipinski definition) is 2. The fourth-order valence-corrected chi connectivity index (χ4v) is 5.43. The zero-order chi connectivity index (χ0) is 28.3. The molecular weight excluding hydrogens is 552 g/mol. The van der Waals surface area contributed by atoms with Crippen LogP contribution in [0.4, 0.5) is 0 Å². The van der Waals surface area contributed by atoms with Gasteiger partial charge in [-0.1, -0.05) is 23.7 Å². The van der Waals surface area contributed by atoms with Crippen molar-refractivity contribution >= 4 is 58.9 Å². The van der Waals surface area contributed by atoms with Gasteiger partial charge in [0.25, 0.3) is 11.8 Å². The van der Waals surface area contributed by atoms with Gasteiger partial charge in [0.2, 0.25) is 0 Å². The Balaban J connectivity index is 1.51. The van der Waals surface area contributed by atoms with E-state index < -0.39 is 53.5 Å². The van der Waals surface area contributed by atoms with Crippen LogP contribution in [0.5, 0.6) is 0 Å². The maximum atomic E-state index is 13.1. The minimum absolute atomic E-state index is 0.122. The van der Waals surface area contributed by atoms with Crippen LogP contribution in [0, 0.1) is 0 Å². The molecule has 0 saturated carbocycles. The van der Waals surface area contributed by atoms with Crippen molar-refractivity contribution in [1.82, 2.24) is 10.2 Å². The highest BCUT2D eigenvalue weighted by Gasteiger charge is 2.54. The number of nitrogens with zero attached hydrogens (tertiary/aromatic N) is 1. The third-order valence-electron chi connectivity index (χ3n) is 5.88. The van der Waals surface area contributed by atoms with Crippen LogP contribution in [0.25, 0.3) is 0 Å². The summed E-state index contributed by atoms with van der Waals surface area (Å²) in [5, 5.41) is 11.6. The summed E-state index contributed by atoms with van der Waals surface area (Å²) >= 11 is 7.05. The summed E-state index contributed by atoms with van der Waals surface area (Å²) in [7, 11) is 0. The highest BCUT2D eigenvalue weighted by atomic mass is 35.5. The van der Waals surface area contributed by atoms with Gasteiger partial charge in [0.1, 0.15) is 23.7 Å². The van der Waals surface area contributed by atoms with Crippen molar-refractivity contribution in [2.45, 2.75) is 18.3 Å². The summed E-state index contributed by atoms with van der Waals surface area (Å²) in [4.78, 5) is 75.5. The molecule has 4 rings (SSSR count). The van der Waals surface area contributed by atoms with E-state index in [1.54, 1.807) is 0 Å². The summed E-state index contributed by atoms with van der Waals surface area (Å²) in [5.74, 6) is -4.62. The second-order valence-corrected chi connectivity index (χ2v) is 9.99. The number of carbonyl (C=O) groups excluding carboxylic acids is 5. The van der Waals surface area contributed by atoms with E-state index in [1.165, 1.54) is 67.2 Å². The first-order valence-electron chi connectivity index (χ1n) is 11.5. The van der Waals surface area contributed by atoms with E-state index in [0.29, 0.717) is 10.6 Å². The van der Waals surface area contributed by atoms with Gasteiger partial charge in [-0.2, -0.15) is 0 Å². The van der Waals surface area contributed by atoms with Gasteiger partial charge in [-0.15, -0.1) is 11.8 Å². The molecule has 0 spiro atoms. The Bertz CT molecular complexity index is 1410. The summed E-state index contributed by atoms with van der Waals surface area (Å²) < 4.78 is 10.3. The van der Waals surface area contributed by atoms with E-state index in [1.807, 2.05) is 0 Å². The highest BCUT2D eigenvalue weighted by molar-refractivity contribution is 8.00. The van der Waals surface area contributed by atoms with Crippen molar-refractivity contribution in [1.29, 1.82) is 0 Å². The van der Waals surface area contributed by atoms with Crippen LogP contribution in [0.3, 0.4) is 0 Å². The molecule has 202 valence electrons. The topological polar surface area (TPSA) is 156 Å². The number of benzene rings is 2. The third-order valence-corrected chi connectivity index (χ3v) is 7.47. The normalized spacial score (nSPS) is 18.0. The van der Waals surface area contributed by atoms with Crippen molar-refractivity contribution in [2.24, 2.45) is 0 Å². The van der Waals surface area contributed by atoms with Gasteiger partial charge in [-0.3, -0.25) is 24.1 Å². The molecule has 2 amide bonds. The fourth-order valence-electron chi connectivity index (χ4n) is 3.98. The van der Waals surface area contributed by atoms with Crippen molar-refractivity contribution in [3.8, 4) is 0 Å². The molecule has 2 aliphatic rings. The average molecular weight is 573 g/mol. The second kappa shape index (κ2) is 11.7. The predicted octanol–water partition coefficient (Wildman–Crippen LogP) is 2.30. The van der Waals surface area contributed by atoms with Gasteiger partial charge in [-0.05, 0) is 36.4 Å². The number of amides is 2. The number of hydrogen-bond acceptors (Lipinski definition) is 9. The molecule has 0 radical (unpaired) electrons. The predicted molar refractivity (Wildman–Crippen MR) is 138 cm³/mol. The first-order chi connectivity index (χ1) is 18.6. The van der Waals surface area contributed by atoms with Gasteiger partial charge < -0.3 is 19.9 Å². The van der Waals surface area contributed by atoms with Crippen LogP contribution in [-0.2, 0) is 23.9 Å². The fraction of sp³-hybridized carbons (Fsp3) is 0.231. The van der Waals surface area contributed by atoms with Gasteiger partial charge in [0.05, 0.1) is 11.1 Å². The molecule has 11 nitrogen and oxygen atoms in total. The zero-order valence-electron chi connectivity index (χ0n) is 20.3. The van der Waals surface area contributed by atoms with E-state index in [2.05, 4.69) is 5.32 Å². The first kappa shape index (κ1) is 27.9. The monoisotopic (exact) mass is 572 g/mol. The molecule has 1 saturated heterocycles. The van der Waals surface area contributed by atoms with E-state index in [-0.39, 0.29) is 34.7 Å². The molecule has 2 aromatic carbocycles. The van der Waals surface area contributed by atoms with Crippen LogP contribution in [0.15, 0.2) is 59.8 Å². The number of β-lactam (4-membered cyclic amide) rings is 1. The first-order valence-corrected chi connectivity index (χ1v) is 12.9. The van der Waals surface area contributed by atoms with Gasteiger partial charge in [-0.25, -0.2) is 9.59 Å². The average Bonchev–Trinajstić information content (AvgIpc) is 2.92. The minimum atomic E-state index is -1.30. The largest absolute Gasteiger partial charge is 0.478 e. The number of nitrogens with one attached hydrogen (secondary N) is 1. The molecule has 1 fully saturated rings. The van der Waals surface area contributed by atoms with Crippen LogP contribution in [0.2, 0.25) is 5.02 Å². The number of thioether (sulfide) groups is 1. The lowest BCUT2D eigenvalue weighted by molar-refractivity contribution is -0.151. The summed E-state index contributed by atoms with van der Waals surface area (Å²) in [6, 6.07) is 10.5. The van der Waals surface area contributed by atoms with E-state index in [9.17, 15) is 33.9 Å². The molecule has 39 heavy (non-hydrogen) atoms.